The van der Waals surface area contributed by atoms with Crippen molar-refractivity contribution in [2.24, 2.45) is 11.8 Å². The topological polar surface area (TPSA) is 138 Å². The third-order valence-electron chi connectivity index (χ3n) is 7.95. The maximum Gasteiger partial charge on any atom is 0.246 e. The maximum absolute atomic E-state index is 13.8. The molecule has 2 heterocycles. The first kappa shape index (κ1) is 33.9. The van der Waals surface area contributed by atoms with E-state index < -0.39 is 29.4 Å². The number of hydrogen-bond donors (Lipinski definition) is 5. The number of thioether (sulfide) groups is 1. The van der Waals surface area contributed by atoms with Crippen molar-refractivity contribution in [1.82, 2.24) is 26.6 Å². The van der Waals surface area contributed by atoms with Crippen LogP contribution in [0.3, 0.4) is 0 Å². The van der Waals surface area contributed by atoms with Crippen molar-refractivity contribution in [3.63, 3.8) is 0 Å². The highest BCUT2D eigenvalue weighted by Gasteiger charge is 2.43. The van der Waals surface area contributed by atoms with Crippen LogP contribution >= 0.6 is 11.8 Å². The van der Waals surface area contributed by atoms with Crippen LogP contribution < -0.4 is 26.6 Å². The van der Waals surface area contributed by atoms with Crippen molar-refractivity contribution in [3.8, 4) is 0 Å². The molecule has 234 valence electrons. The van der Waals surface area contributed by atoms with E-state index in [9.17, 15) is 19.2 Å². The summed E-state index contributed by atoms with van der Waals surface area (Å²) in [5, 5.41) is 15.2. The van der Waals surface area contributed by atoms with Gasteiger partial charge < -0.3 is 31.3 Å². The molecule has 0 radical (unpaired) electrons. The van der Waals surface area contributed by atoms with Crippen molar-refractivity contribution in [2.75, 3.05) is 32.1 Å². The van der Waals surface area contributed by atoms with Crippen LogP contribution in [0.5, 0.6) is 0 Å². The van der Waals surface area contributed by atoms with Gasteiger partial charge in [0.2, 0.25) is 23.6 Å². The highest BCUT2D eigenvalue weighted by atomic mass is 32.2. The van der Waals surface area contributed by atoms with Gasteiger partial charge in [0.05, 0.1) is 0 Å². The fourth-order valence-corrected chi connectivity index (χ4v) is 6.03. The largest absolute Gasteiger partial charge is 0.381 e. The molecule has 3 atom stereocenters. The van der Waals surface area contributed by atoms with Crippen molar-refractivity contribution < 1.29 is 23.9 Å². The molecule has 0 aromatic heterocycles. The van der Waals surface area contributed by atoms with Gasteiger partial charge in [0, 0.05) is 63.6 Å². The number of benzene rings is 1. The summed E-state index contributed by atoms with van der Waals surface area (Å²) >= 11 is 1.73. The van der Waals surface area contributed by atoms with Gasteiger partial charge in [-0.1, -0.05) is 58.4 Å². The molecule has 1 fully saturated rings. The van der Waals surface area contributed by atoms with Gasteiger partial charge in [-0.3, -0.25) is 19.2 Å². The van der Waals surface area contributed by atoms with E-state index in [1.54, 1.807) is 11.8 Å². The minimum absolute atomic E-state index is 0.0972. The predicted molar refractivity (Wildman–Crippen MR) is 166 cm³/mol. The predicted octanol–water partition coefficient (Wildman–Crippen LogP) is 2.26. The molecule has 3 rings (SSSR count). The zero-order valence-electron chi connectivity index (χ0n) is 25.6. The van der Waals surface area contributed by atoms with E-state index in [1.165, 1.54) is 5.56 Å². The highest BCUT2D eigenvalue weighted by Crippen LogP contribution is 2.23. The molecule has 1 aromatic carbocycles. The molecule has 2 bridgehead atoms. The lowest BCUT2D eigenvalue weighted by molar-refractivity contribution is -0.140. The lowest BCUT2D eigenvalue weighted by atomic mass is 9.87. The van der Waals surface area contributed by atoms with E-state index >= 15 is 0 Å². The summed E-state index contributed by atoms with van der Waals surface area (Å²) in [4.78, 5) is 53.7. The van der Waals surface area contributed by atoms with Gasteiger partial charge in [-0.15, -0.1) is 0 Å². The first-order valence-electron chi connectivity index (χ1n) is 15.3. The number of nitrogens with one attached hydrogen (secondary N) is 5. The molecule has 0 unspecified atom stereocenters. The van der Waals surface area contributed by atoms with Crippen molar-refractivity contribution >= 4 is 35.4 Å². The van der Waals surface area contributed by atoms with E-state index in [0.717, 1.165) is 17.1 Å². The third-order valence-corrected chi connectivity index (χ3v) is 8.98. The Morgan fingerprint density at radius 1 is 1.00 bits per heavy atom. The number of amides is 4. The first-order valence-corrected chi connectivity index (χ1v) is 16.4. The second-order valence-electron chi connectivity index (χ2n) is 11.9. The zero-order chi connectivity index (χ0) is 30.5. The summed E-state index contributed by atoms with van der Waals surface area (Å²) in [7, 11) is 0. The minimum Gasteiger partial charge on any atom is -0.381 e. The third kappa shape index (κ3) is 10.3. The van der Waals surface area contributed by atoms with Crippen LogP contribution in [-0.2, 0) is 36.2 Å². The second-order valence-corrected chi connectivity index (χ2v) is 13.0. The quantitative estimate of drug-likeness (QED) is 0.356. The Kier molecular flexibility index (Phi) is 13.6. The second kappa shape index (κ2) is 16.9. The Morgan fingerprint density at radius 2 is 1.74 bits per heavy atom. The average molecular weight is 604 g/mol. The SMILES string of the molecule is CC[C@H](C)[C@@H]1NC(=O)[C@H](CC(C)C)NC(=O)C2(CCOCC2)NC(=O)CCNCc2cccc(c2)CSCCNC1=O. The molecule has 1 aromatic rings. The Morgan fingerprint density at radius 3 is 2.45 bits per heavy atom. The Labute approximate surface area is 254 Å². The molecule has 5 N–H and O–H groups in total. The van der Waals surface area contributed by atoms with Gasteiger partial charge in [0.15, 0.2) is 0 Å². The minimum atomic E-state index is -1.17. The average Bonchev–Trinajstić information content (AvgIpc) is 2.97. The van der Waals surface area contributed by atoms with Crippen LogP contribution in [0.1, 0.15) is 70.9 Å². The normalized spacial score (nSPS) is 24.4. The summed E-state index contributed by atoms with van der Waals surface area (Å²) in [5.41, 5.74) is 1.16. The molecule has 0 aliphatic carbocycles. The Balaban J connectivity index is 1.84. The van der Waals surface area contributed by atoms with Crippen LogP contribution in [0.25, 0.3) is 0 Å². The molecule has 2 aliphatic heterocycles. The number of carbonyl (C=O) groups excluding carboxylic acids is 4. The van der Waals surface area contributed by atoms with E-state index in [1.807, 2.05) is 33.8 Å². The highest BCUT2D eigenvalue weighted by molar-refractivity contribution is 7.98. The summed E-state index contributed by atoms with van der Waals surface area (Å²) < 4.78 is 5.52. The van der Waals surface area contributed by atoms with E-state index in [2.05, 4.69) is 44.8 Å². The van der Waals surface area contributed by atoms with Crippen LogP contribution in [0, 0.1) is 11.8 Å². The Hall–Kier alpha value is -2.63. The molecule has 1 saturated heterocycles. The summed E-state index contributed by atoms with van der Waals surface area (Å²) in [6.45, 7) is 10.1. The number of carbonyl (C=O) groups is 4. The van der Waals surface area contributed by atoms with E-state index in [-0.39, 0.29) is 30.1 Å². The van der Waals surface area contributed by atoms with Crippen LogP contribution in [-0.4, -0.2) is 73.3 Å². The number of hydrogen-bond acceptors (Lipinski definition) is 7. The van der Waals surface area contributed by atoms with Gasteiger partial charge >= 0.3 is 0 Å². The van der Waals surface area contributed by atoms with Crippen molar-refractivity contribution in [3.05, 3.63) is 35.4 Å². The van der Waals surface area contributed by atoms with Gasteiger partial charge in [-0.05, 0) is 29.4 Å². The van der Waals surface area contributed by atoms with Gasteiger partial charge in [-0.2, -0.15) is 11.8 Å². The Bertz CT molecular complexity index is 1060. The molecule has 1 spiro atoms. The fourth-order valence-electron chi connectivity index (χ4n) is 5.22. The monoisotopic (exact) mass is 603 g/mol. The molecule has 42 heavy (non-hydrogen) atoms. The molecule has 4 amide bonds. The van der Waals surface area contributed by atoms with Gasteiger partial charge in [0.25, 0.3) is 0 Å². The number of ether oxygens (including phenoxy) is 1. The standard InChI is InChI=1S/C31H49N5O5S/c1-5-22(4)27-29(39)33-13-16-42-20-24-8-6-7-23(18-24)19-32-12-9-26(37)36-31(10-14-41-15-11-31)30(40)34-25(17-21(2)3)28(38)35-27/h6-8,18,21-22,25,27,32H,5,9-17,19-20H2,1-4H3,(H,33,39)(H,34,40)(H,35,38)(H,36,37)/t22-,25-,27-/m0/s1. The summed E-state index contributed by atoms with van der Waals surface area (Å²) in [6.07, 6.45) is 1.95. The van der Waals surface area contributed by atoms with Crippen LogP contribution in [0.4, 0.5) is 0 Å². The zero-order valence-corrected chi connectivity index (χ0v) is 26.4. The summed E-state index contributed by atoms with van der Waals surface area (Å²) in [5.74, 6) is 0.322. The number of rotatable bonds is 4. The van der Waals surface area contributed by atoms with Gasteiger partial charge in [0.1, 0.15) is 17.6 Å². The maximum atomic E-state index is 13.8. The van der Waals surface area contributed by atoms with E-state index in [0.29, 0.717) is 58.5 Å². The molecule has 0 saturated carbocycles. The van der Waals surface area contributed by atoms with Gasteiger partial charge in [-0.25, -0.2) is 0 Å². The lowest BCUT2D eigenvalue weighted by Gasteiger charge is -2.38. The van der Waals surface area contributed by atoms with E-state index in [4.69, 9.17) is 4.74 Å². The lowest BCUT2D eigenvalue weighted by Crippen LogP contribution is -2.64. The smallest absolute Gasteiger partial charge is 0.246 e. The van der Waals surface area contributed by atoms with Crippen LogP contribution in [0.2, 0.25) is 0 Å². The number of fused-ring (bicyclic) bond motifs is 2. The fraction of sp³-hybridized carbons (Fsp3) is 0.677. The molecular formula is C31H49N5O5S. The molecule has 2 aliphatic rings. The van der Waals surface area contributed by atoms with Crippen molar-refractivity contribution in [2.45, 2.75) is 89.7 Å². The van der Waals surface area contributed by atoms with Crippen molar-refractivity contribution in [1.29, 1.82) is 0 Å². The molecule has 10 nitrogen and oxygen atoms in total. The summed E-state index contributed by atoms with van der Waals surface area (Å²) in [6, 6.07) is 6.74. The van der Waals surface area contributed by atoms with Crippen LogP contribution in [0.15, 0.2) is 24.3 Å². The molecular weight excluding hydrogens is 554 g/mol. The first-order chi connectivity index (χ1) is 20.1. The molecule has 11 heteroatoms.